The lowest BCUT2D eigenvalue weighted by Crippen LogP contribution is -2.45. The summed E-state index contributed by atoms with van der Waals surface area (Å²) in [5.41, 5.74) is 0. The molecule has 6 nitrogen and oxygen atoms in total. The van der Waals surface area contributed by atoms with Gasteiger partial charge in [0.25, 0.3) is 0 Å². The van der Waals surface area contributed by atoms with Crippen LogP contribution >= 0.6 is 0 Å². The minimum atomic E-state index is -0.843. The second kappa shape index (κ2) is 68.1. The maximum atomic E-state index is 12.5. The summed E-state index contributed by atoms with van der Waals surface area (Å²) in [6.07, 6.45) is 84.4. The van der Waals surface area contributed by atoms with Crippen LogP contribution in [0.15, 0.2) is 12.2 Å². The van der Waals surface area contributed by atoms with E-state index in [4.69, 9.17) is 4.74 Å². The first-order chi connectivity index (χ1) is 38.5. The highest BCUT2D eigenvalue weighted by molar-refractivity contribution is 5.76. The van der Waals surface area contributed by atoms with Crippen molar-refractivity contribution in [1.29, 1.82) is 0 Å². The monoisotopic (exact) mass is 1100 g/mol. The fourth-order valence-corrected chi connectivity index (χ4v) is 11.6. The van der Waals surface area contributed by atoms with Crippen LogP contribution in [0.1, 0.15) is 412 Å². The van der Waals surface area contributed by atoms with E-state index >= 15 is 0 Å². The summed E-state index contributed by atoms with van der Waals surface area (Å²) in [7, 11) is 0. The minimum Gasteiger partial charge on any atom is -0.466 e. The first kappa shape index (κ1) is 76.6. The molecule has 0 aliphatic heterocycles. The predicted octanol–water partition coefficient (Wildman–Crippen LogP) is 23.1. The Morgan fingerprint density at radius 3 is 0.872 bits per heavy atom. The molecule has 6 heteroatoms. The normalized spacial score (nSPS) is 12.5. The third kappa shape index (κ3) is 63.8. The van der Waals surface area contributed by atoms with Crippen molar-refractivity contribution < 1.29 is 24.5 Å². The van der Waals surface area contributed by atoms with E-state index in [9.17, 15) is 19.8 Å². The molecule has 2 unspecified atom stereocenters. The van der Waals surface area contributed by atoms with Gasteiger partial charge < -0.3 is 20.3 Å². The van der Waals surface area contributed by atoms with Crippen LogP contribution in [0.2, 0.25) is 0 Å². The van der Waals surface area contributed by atoms with Gasteiger partial charge in [-0.2, -0.15) is 0 Å². The molecule has 0 spiro atoms. The fraction of sp³-hybridized carbons (Fsp3) is 0.944. The molecule has 0 rings (SSSR count). The van der Waals surface area contributed by atoms with Crippen LogP contribution in [-0.2, 0) is 14.3 Å². The summed E-state index contributed by atoms with van der Waals surface area (Å²) in [6, 6.07) is -0.626. The molecule has 0 aliphatic rings. The predicted molar refractivity (Wildman–Crippen MR) is 343 cm³/mol. The molecule has 2 atom stereocenters. The zero-order valence-electron chi connectivity index (χ0n) is 53.2. The van der Waals surface area contributed by atoms with Crippen molar-refractivity contribution in [3.8, 4) is 0 Å². The molecule has 0 saturated heterocycles. The molecule has 1 amide bonds. The molecule has 0 heterocycles. The quantitative estimate of drug-likeness (QED) is 0.0320. The Kier molecular flexibility index (Phi) is 66.9. The van der Waals surface area contributed by atoms with Crippen molar-refractivity contribution in [2.45, 2.75) is 424 Å². The Hall–Kier alpha value is -1.40. The van der Waals surface area contributed by atoms with Crippen LogP contribution in [0.25, 0.3) is 0 Å². The summed E-state index contributed by atoms with van der Waals surface area (Å²) < 4.78 is 5.50. The van der Waals surface area contributed by atoms with Crippen molar-refractivity contribution in [1.82, 2.24) is 5.32 Å². The number of carbonyl (C=O) groups excluding carboxylic acids is 2. The summed E-state index contributed by atoms with van der Waals surface area (Å²) >= 11 is 0. The second-order valence-corrected chi connectivity index (χ2v) is 24.9. The molecule has 0 aromatic carbocycles. The number of esters is 1. The molecular formula is C72H141NO5. The van der Waals surface area contributed by atoms with Crippen molar-refractivity contribution in [3.05, 3.63) is 12.2 Å². The van der Waals surface area contributed by atoms with Gasteiger partial charge in [-0.15, -0.1) is 0 Å². The Labute approximate surface area is 489 Å². The number of carbonyl (C=O) groups is 2. The van der Waals surface area contributed by atoms with Crippen LogP contribution in [-0.4, -0.2) is 47.4 Å². The van der Waals surface area contributed by atoms with Gasteiger partial charge in [-0.05, 0) is 32.1 Å². The Balaban J connectivity index is 3.37. The summed E-state index contributed by atoms with van der Waals surface area (Å²) in [4.78, 5) is 24.6. The number of aliphatic hydroxyl groups is 2. The van der Waals surface area contributed by atoms with Crippen LogP contribution in [0.5, 0.6) is 0 Å². The van der Waals surface area contributed by atoms with Gasteiger partial charge in [0.1, 0.15) is 0 Å². The second-order valence-electron chi connectivity index (χ2n) is 24.9. The van der Waals surface area contributed by atoms with Crippen LogP contribution in [0.3, 0.4) is 0 Å². The molecule has 0 radical (unpaired) electrons. The Bertz CT molecular complexity index is 1180. The third-order valence-electron chi connectivity index (χ3n) is 17.1. The van der Waals surface area contributed by atoms with E-state index in [0.717, 1.165) is 38.5 Å². The number of allylic oxidation sites excluding steroid dienone is 1. The summed E-state index contributed by atoms with van der Waals surface area (Å²) in [5.74, 6) is -0.0408. The van der Waals surface area contributed by atoms with Gasteiger partial charge in [0.15, 0.2) is 0 Å². The minimum absolute atomic E-state index is 0.0202. The Morgan fingerprint density at radius 2 is 0.590 bits per heavy atom. The average Bonchev–Trinajstić information content (AvgIpc) is 3.44. The van der Waals surface area contributed by atoms with Crippen molar-refractivity contribution in [3.63, 3.8) is 0 Å². The molecule has 0 fully saturated rings. The van der Waals surface area contributed by atoms with E-state index in [1.54, 1.807) is 6.08 Å². The van der Waals surface area contributed by atoms with Crippen LogP contribution < -0.4 is 5.32 Å². The van der Waals surface area contributed by atoms with E-state index in [1.165, 1.54) is 347 Å². The lowest BCUT2D eigenvalue weighted by atomic mass is 10.0. The maximum absolute atomic E-state index is 12.5. The van der Waals surface area contributed by atoms with Gasteiger partial charge in [-0.1, -0.05) is 379 Å². The van der Waals surface area contributed by atoms with Crippen LogP contribution in [0, 0.1) is 0 Å². The Morgan fingerprint density at radius 1 is 0.346 bits per heavy atom. The molecule has 3 N–H and O–H groups in total. The number of unbranched alkanes of at least 4 members (excludes halogenated alkanes) is 57. The molecule has 0 aromatic rings. The van der Waals surface area contributed by atoms with E-state index in [2.05, 4.69) is 19.2 Å². The molecule has 0 bridgehead atoms. The number of ether oxygens (including phenoxy) is 1. The highest BCUT2D eigenvalue weighted by Crippen LogP contribution is 2.19. The van der Waals surface area contributed by atoms with Gasteiger partial charge >= 0.3 is 5.97 Å². The molecule has 78 heavy (non-hydrogen) atoms. The maximum Gasteiger partial charge on any atom is 0.305 e. The first-order valence-electron chi connectivity index (χ1n) is 36.0. The lowest BCUT2D eigenvalue weighted by Gasteiger charge is -2.20. The lowest BCUT2D eigenvalue weighted by molar-refractivity contribution is -0.143. The highest BCUT2D eigenvalue weighted by atomic mass is 16.5. The molecule has 464 valence electrons. The average molecular weight is 1100 g/mol. The molecule has 0 saturated carbocycles. The number of amides is 1. The zero-order valence-corrected chi connectivity index (χ0v) is 53.2. The van der Waals surface area contributed by atoms with Gasteiger partial charge in [0, 0.05) is 12.8 Å². The van der Waals surface area contributed by atoms with Crippen molar-refractivity contribution in [2.24, 2.45) is 0 Å². The molecular weight excluding hydrogens is 959 g/mol. The van der Waals surface area contributed by atoms with Crippen molar-refractivity contribution in [2.75, 3.05) is 13.2 Å². The number of hydrogen-bond donors (Lipinski definition) is 3. The number of rotatable bonds is 68. The highest BCUT2D eigenvalue weighted by Gasteiger charge is 2.18. The fourth-order valence-electron chi connectivity index (χ4n) is 11.6. The van der Waals surface area contributed by atoms with Gasteiger partial charge in [-0.3, -0.25) is 9.59 Å². The summed E-state index contributed by atoms with van der Waals surface area (Å²) in [5, 5.41) is 23.3. The zero-order chi connectivity index (χ0) is 56.4. The number of hydrogen-bond acceptors (Lipinski definition) is 5. The van der Waals surface area contributed by atoms with Crippen molar-refractivity contribution >= 4 is 11.9 Å². The third-order valence-corrected chi connectivity index (χ3v) is 17.1. The number of nitrogens with one attached hydrogen (secondary N) is 1. The van der Waals surface area contributed by atoms with E-state index in [0.29, 0.717) is 19.4 Å². The SMILES string of the molecule is CCCCCCCCCCCCCCCCCCCCC/C=C/C(O)C(CO)NC(=O)CCCCCCCCCCCCCCCCCCCCCCCCCCCCOC(=O)CCCCCCCCCCCCCCCC. The smallest absolute Gasteiger partial charge is 0.305 e. The molecule has 0 aliphatic carbocycles. The standard InChI is InChI=1S/C72H141NO5/c1-3-5-7-9-11-13-15-17-19-20-21-28-31-34-37-40-44-48-52-56-60-64-70(75)69(68-74)73-71(76)65-61-57-53-49-45-41-38-35-32-29-26-24-22-23-25-27-30-33-36-39-43-47-51-55-59-63-67-78-72(77)66-62-58-54-50-46-42-18-16-14-12-10-8-6-4-2/h60,64,69-70,74-75H,3-59,61-63,65-68H2,1-2H3,(H,73,76)/b64-60+. The van der Waals surface area contributed by atoms with E-state index < -0.39 is 12.1 Å². The van der Waals surface area contributed by atoms with Crippen LogP contribution in [0.4, 0.5) is 0 Å². The van der Waals surface area contributed by atoms with E-state index in [1.807, 2.05) is 6.08 Å². The molecule has 0 aromatic heterocycles. The van der Waals surface area contributed by atoms with Gasteiger partial charge in [0.05, 0.1) is 25.4 Å². The largest absolute Gasteiger partial charge is 0.466 e. The first-order valence-corrected chi connectivity index (χ1v) is 36.0. The van der Waals surface area contributed by atoms with Gasteiger partial charge in [-0.25, -0.2) is 0 Å². The topological polar surface area (TPSA) is 95.9 Å². The van der Waals surface area contributed by atoms with E-state index in [-0.39, 0.29) is 18.5 Å². The van der Waals surface area contributed by atoms with Gasteiger partial charge in [0.2, 0.25) is 5.91 Å². The summed E-state index contributed by atoms with van der Waals surface area (Å²) in [6.45, 7) is 4.95. The number of aliphatic hydroxyl groups excluding tert-OH is 2.